The Balaban J connectivity index is 1.23. The van der Waals surface area contributed by atoms with Crippen LogP contribution >= 0.6 is 0 Å². The standard InChI is InChI=1S/C28H30F3NO5/c1-34-27(33)10-16-15-35-26-11-17(4-5-20(16)26)37-25-9-7-21-22(25)6-8-24(28(29,30)31)23(21)14-32-12-18-2-3-19(13-32)36-18/h4-6,8,11,16,18-19,25H,2-3,7,9-10,12-15H2,1H3. The van der Waals surface area contributed by atoms with Crippen molar-refractivity contribution >= 4 is 5.97 Å². The number of morpholine rings is 1. The van der Waals surface area contributed by atoms with Gasteiger partial charge in [0.05, 0.1) is 37.9 Å². The van der Waals surface area contributed by atoms with Crippen LogP contribution in [0.5, 0.6) is 11.5 Å². The van der Waals surface area contributed by atoms with Crippen LogP contribution in [0, 0.1) is 0 Å². The van der Waals surface area contributed by atoms with Crippen LogP contribution in [0.1, 0.15) is 65.5 Å². The van der Waals surface area contributed by atoms with E-state index in [2.05, 4.69) is 4.90 Å². The number of rotatable bonds is 6. The summed E-state index contributed by atoms with van der Waals surface area (Å²) in [5.74, 6) is 0.909. The van der Waals surface area contributed by atoms with Crippen LogP contribution in [0.15, 0.2) is 30.3 Å². The highest BCUT2D eigenvalue weighted by Crippen LogP contribution is 2.44. The first kappa shape index (κ1) is 24.6. The summed E-state index contributed by atoms with van der Waals surface area (Å²) in [7, 11) is 1.36. The molecule has 3 heterocycles. The third-order valence-corrected chi connectivity index (χ3v) is 8.06. The van der Waals surface area contributed by atoms with E-state index in [1.807, 2.05) is 12.1 Å². The highest BCUT2D eigenvalue weighted by molar-refractivity contribution is 5.71. The van der Waals surface area contributed by atoms with Crippen LogP contribution in [0.2, 0.25) is 0 Å². The zero-order valence-electron chi connectivity index (χ0n) is 20.7. The van der Waals surface area contributed by atoms with Crippen molar-refractivity contribution in [3.05, 3.63) is 58.1 Å². The summed E-state index contributed by atoms with van der Waals surface area (Å²) in [6.45, 7) is 2.01. The van der Waals surface area contributed by atoms with Crippen LogP contribution in [-0.4, -0.2) is 49.9 Å². The third-order valence-electron chi connectivity index (χ3n) is 8.06. The second-order valence-corrected chi connectivity index (χ2v) is 10.4. The van der Waals surface area contributed by atoms with Gasteiger partial charge < -0.3 is 18.9 Å². The van der Waals surface area contributed by atoms with Crippen LogP contribution in [0.25, 0.3) is 0 Å². The fourth-order valence-corrected chi connectivity index (χ4v) is 6.31. The number of fused-ring (bicyclic) bond motifs is 4. The van der Waals surface area contributed by atoms with E-state index >= 15 is 0 Å². The number of carbonyl (C=O) groups excluding carboxylic acids is 1. The fourth-order valence-electron chi connectivity index (χ4n) is 6.31. The number of carbonyl (C=O) groups is 1. The molecule has 0 aromatic heterocycles. The molecule has 198 valence electrons. The first-order valence-electron chi connectivity index (χ1n) is 12.9. The lowest BCUT2D eigenvalue weighted by Gasteiger charge is -2.33. The lowest BCUT2D eigenvalue weighted by atomic mass is 9.96. The molecule has 3 aliphatic heterocycles. The van der Waals surface area contributed by atoms with Gasteiger partial charge in [-0.05, 0) is 54.5 Å². The molecule has 9 heteroatoms. The molecule has 2 bridgehead atoms. The average molecular weight is 518 g/mol. The molecule has 6 nitrogen and oxygen atoms in total. The number of ether oxygens (including phenoxy) is 4. The third kappa shape index (κ3) is 4.79. The van der Waals surface area contributed by atoms with Gasteiger partial charge in [0.1, 0.15) is 17.6 Å². The second-order valence-electron chi connectivity index (χ2n) is 10.4. The minimum absolute atomic E-state index is 0.0671. The zero-order chi connectivity index (χ0) is 25.7. The first-order chi connectivity index (χ1) is 17.8. The number of nitrogens with zero attached hydrogens (tertiary/aromatic N) is 1. The number of esters is 1. The molecule has 2 aromatic rings. The van der Waals surface area contributed by atoms with Gasteiger partial charge in [0.15, 0.2) is 0 Å². The van der Waals surface area contributed by atoms with Gasteiger partial charge in [-0.25, -0.2) is 0 Å². The van der Waals surface area contributed by atoms with E-state index in [0.29, 0.717) is 49.6 Å². The minimum Gasteiger partial charge on any atom is -0.492 e. The molecule has 2 saturated heterocycles. The molecule has 4 aliphatic rings. The van der Waals surface area contributed by atoms with Gasteiger partial charge in [0.2, 0.25) is 0 Å². The van der Waals surface area contributed by atoms with Gasteiger partial charge >= 0.3 is 12.1 Å². The molecule has 0 N–H and O–H groups in total. The van der Waals surface area contributed by atoms with Gasteiger partial charge in [0.25, 0.3) is 0 Å². The highest BCUT2D eigenvalue weighted by Gasteiger charge is 2.40. The molecular formula is C28H30F3NO5. The Morgan fingerprint density at radius 2 is 1.84 bits per heavy atom. The van der Waals surface area contributed by atoms with E-state index in [0.717, 1.165) is 29.5 Å². The Bertz CT molecular complexity index is 1190. The molecule has 0 radical (unpaired) electrons. The van der Waals surface area contributed by atoms with E-state index in [1.165, 1.54) is 13.2 Å². The maximum Gasteiger partial charge on any atom is 0.416 e. The normalized spacial score (nSPS) is 26.5. The molecule has 37 heavy (non-hydrogen) atoms. The summed E-state index contributed by atoms with van der Waals surface area (Å²) in [6.07, 6.45) is -1.15. The minimum atomic E-state index is -4.41. The van der Waals surface area contributed by atoms with E-state index < -0.39 is 11.7 Å². The highest BCUT2D eigenvalue weighted by atomic mass is 19.4. The molecule has 4 unspecified atom stereocenters. The van der Waals surface area contributed by atoms with E-state index in [1.54, 1.807) is 12.1 Å². The second kappa shape index (κ2) is 9.51. The Morgan fingerprint density at radius 3 is 2.57 bits per heavy atom. The molecule has 4 atom stereocenters. The number of methoxy groups -OCH3 is 1. The van der Waals surface area contributed by atoms with Gasteiger partial charge in [-0.15, -0.1) is 0 Å². The number of alkyl halides is 3. The summed E-state index contributed by atoms with van der Waals surface area (Å²) in [5, 5.41) is 0. The summed E-state index contributed by atoms with van der Waals surface area (Å²) in [4.78, 5) is 13.8. The van der Waals surface area contributed by atoms with Gasteiger partial charge in [-0.2, -0.15) is 13.2 Å². The molecule has 6 rings (SSSR count). The molecule has 2 fully saturated rings. The number of likely N-dealkylation sites (tertiary alicyclic amines) is 1. The lowest BCUT2D eigenvalue weighted by Crippen LogP contribution is -2.42. The predicted molar refractivity (Wildman–Crippen MR) is 128 cm³/mol. The zero-order valence-corrected chi connectivity index (χ0v) is 20.7. The predicted octanol–water partition coefficient (Wildman–Crippen LogP) is 5.17. The van der Waals surface area contributed by atoms with Gasteiger partial charge in [-0.3, -0.25) is 9.69 Å². The van der Waals surface area contributed by atoms with Crippen molar-refractivity contribution in [1.82, 2.24) is 4.90 Å². The van der Waals surface area contributed by atoms with Crippen molar-refractivity contribution < 1.29 is 36.9 Å². The van der Waals surface area contributed by atoms with Gasteiger partial charge in [0, 0.05) is 37.2 Å². The number of benzene rings is 2. The fraction of sp³-hybridized carbons (Fsp3) is 0.536. The molecule has 2 aromatic carbocycles. The molecule has 0 amide bonds. The van der Waals surface area contributed by atoms with Crippen molar-refractivity contribution in [2.24, 2.45) is 0 Å². The summed E-state index contributed by atoms with van der Waals surface area (Å²) < 4.78 is 64.8. The first-order valence-corrected chi connectivity index (χ1v) is 12.9. The van der Waals surface area contributed by atoms with E-state index in [-0.39, 0.29) is 43.2 Å². The quantitative estimate of drug-likeness (QED) is 0.493. The Labute approximate surface area is 213 Å². The SMILES string of the molecule is COC(=O)CC1COc2cc(OC3CCc4c3ccc(C(F)(F)F)c4CN3CC4CCC(C3)O4)ccc21. The summed E-state index contributed by atoms with van der Waals surface area (Å²) in [6, 6.07) is 8.34. The topological polar surface area (TPSA) is 57.2 Å². The van der Waals surface area contributed by atoms with Gasteiger partial charge in [-0.1, -0.05) is 12.1 Å². The van der Waals surface area contributed by atoms with Crippen molar-refractivity contribution in [2.45, 2.75) is 69.1 Å². The van der Waals surface area contributed by atoms with Crippen molar-refractivity contribution in [1.29, 1.82) is 0 Å². The van der Waals surface area contributed by atoms with E-state index in [4.69, 9.17) is 18.9 Å². The molecule has 1 aliphatic carbocycles. The average Bonchev–Trinajstić information content (AvgIpc) is 3.55. The van der Waals surface area contributed by atoms with Crippen molar-refractivity contribution in [3.8, 4) is 11.5 Å². The molecule has 0 saturated carbocycles. The van der Waals surface area contributed by atoms with Crippen LogP contribution in [0.4, 0.5) is 13.2 Å². The maximum absolute atomic E-state index is 14.0. The largest absolute Gasteiger partial charge is 0.492 e. The van der Waals surface area contributed by atoms with Crippen LogP contribution in [-0.2, 0) is 33.4 Å². The molecule has 0 spiro atoms. The van der Waals surface area contributed by atoms with E-state index in [9.17, 15) is 18.0 Å². The molecular weight excluding hydrogens is 487 g/mol. The smallest absolute Gasteiger partial charge is 0.416 e. The number of hydrogen-bond donors (Lipinski definition) is 0. The van der Waals surface area contributed by atoms with Crippen LogP contribution < -0.4 is 9.47 Å². The van der Waals surface area contributed by atoms with Crippen molar-refractivity contribution in [2.75, 3.05) is 26.8 Å². The van der Waals surface area contributed by atoms with Crippen molar-refractivity contribution in [3.63, 3.8) is 0 Å². The summed E-state index contributed by atoms with van der Waals surface area (Å²) in [5.41, 5.74) is 2.34. The number of halogens is 3. The number of hydrogen-bond acceptors (Lipinski definition) is 6. The Kier molecular flexibility index (Phi) is 6.31. The maximum atomic E-state index is 14.0. The summed E-state index contributed by atoms with van der Waals surface area (Å²) >= 11 is 0. The lowest BCUT2D eigenvalue weighted by molar-refractivity contribution is -0.141. The Hall–Kier alpha value is -2.78. The monoisotopic (exact) mass is 517 g/mol. The van der Waals surface area contributed by atoms with Crippen LogP contribution in [0.3, 0.4) is 0 Å². The Morgan fingerprint density at radius 1 is 1.08 bits per heavy atom.